The Morgan fingerprint density at radius 1 is 1.24 bits per heavy atom. The summed E-state index contributed by atoms with van der Waals surface area (Å²) in [6, 6.07) is 8.89. The summed E-state index contributed by atoms with van der Waals surface area (Å²) >= 11 is 19.2. The van der Waals surface area contributed by atoms with Crippen molar-refractivity contribution in [2.75, 3.05) is 5.32 Å². The molecule has 1 atom stereocenters. The van der Waals surface area contributed by atoms with E-state index in [4.69, 9.17) is 34.8 Å². The summed E-state index contributed by atoms with van der Waals surface area (Å²) in [6.45, 7) is 1.78. The highest BCUT2D eigenvalue weighted by Crippen LogP contribution is 2.31. The van der Waals surface area contributed by atoms with Crippen LogP contribution in [0.25, 0.3) is 0 Å². The Hall–Kier alpha value is -0.940. The SMILES string of the molecule is C[C@@H](Sc1ccccc1Cl)C(=O)Nc1ncc(Cl)cc1Cl. The Bertz CT molecular complexity index is 666. The second-order valence-corrected chi connectivity index (χ2v) is 6.80. The average Bonchev–Trinajstić information content (AvgIpc) is 2.44. The van der Waals surface area contributed by atoms with Crippen molar-refractivity contribution >= 4 is 58.3 Å². The van der Waals surface area contributed by atoms with Crippen molar-refractivity contribution in [2.24, 2.45) is 0 Å². The Kier molecular flexibility index (Phi) is 5.76. The molecule has 0 radical (unpaired) electrons. The van der Waals surface area contributed by atoms with Gasteiger partial charge in [0.25, 0.3) is 0 Å². The van der Waals surface area contributed by atoms with E-state index in [1.807, 2.05) is 18.2 Å². The van der Waals surface area contributed by atoms with E-state index >= 15 is 0 Å². The molecule has 0 aliphatic heterocycles. The number of rotatable bonds is 4. The van der Waals surface area contributed by atoms with Gasteiger partial charge in [-0.25, -0.2) is 4.98 Å². The number of thioether (sulfide) groups is 1. The molecule has 0 aliphatic carbocycles. The van der Waals surface area contributed by atoms with Crippen LogP contribution >= 0.6 is 46.6 Å². The number of amides is 1. The molecule has 1 N–H and O–H groups in total. The Balaban J connectivity index is 2.04. The molecule has 1 heterocycles. The number of carbonyl (C=O) groups excluding carboxylic acids is 1. The lowest BCUT2D eigenvalue weighted by molar-refractivity contribution is -0.115. The number of nitrogens with zero attached hydrogens (tertiary/aromatic N) is 1. The van der Waals surface area contributed by atoms with E-state index in [0.29, 0.717) is 15.1 Å². The highest BCUT2D eigenvalue weighted by atomic mass is 35.5. The number of benzene rings is 1. The number of pyridine rings is 1. The van der Waals surface area contributed by atoms with E-state index in [1.54, 1.807) is 13.0 Å². The van der Waals surface area contributed by atoms with Crippen molar-refractivity contribution in [2.45, 2.75) is 17.1 Å². The average molecular weight is 362 g/mol. The van der Waals surface area contributed by atoms with Crippen LogP contribution in [-0.4, -0.2) is 16.1 Å². The van der Waals surface area contributed by atoms with Gasteiger partial charge in [-0.3, -0.25) is 4.79 Å². The minimum atomic E-state index is -0.349. The standard InChI is InChI=1S/C14H11Cl3N2OS/c1-8(21-12-5-3-2-4-10(12)16)14(20)19-13-11(17)6-9(15)7-18-13/h2-8H,1H3,(H,18,19,20)/t8-/m1/s1. The maximum atomic E-state index is 12.2. The third-order valence-electron chi connectivity index (χ3n) is 2.56. The van der Waals surface area contributed by atoms with E-state index in [2.05, 4.69) is 10.3 Å². The van der Waals surface area contributed by atoms with E-state index < -0.39 is 0 Å². The predicted octanol–water partition coefficient (Wildman–Crippen LogP) is 5.16. The number of aromatic nitrogens is 1. The highest BCUT2D eigenvalue weighted by Gasteiger charge is 2.17. The fourth-order valence-corrected chi connectivity index (χ4v) is 3.09. The Labute approximate surface area is 142 Å². The fraction of sp³-hybridized carbons (Fsp3) is 0.143. The maximum Gasteiger partial charge on any atom is 0.238 e. The molecule has 0 saturated heterocycles. The van der Waals surface area contributed by atoms with Crippen molar-refractivity contribution in [1.82, 2.24) is 4.98 Å². The van der Waals surface area contributed by atoms with Crippen LogP contribution in [0.4, 0.5) is 5.82 Å². The molecule has 0 aliphatic rings. The topological polar surface area (TPSA) is 42.0 Å². The molecule has 1 aromatic carbocycles. The predicted molar refractivity (Wildman–Crippen MR) is 89.7 cm³/mol. The Morgan fingerprint density at radius 2 is 1.95 bits per heavy atom. The molecule has 2 aromatic rings. The van der Waals surface area contributed by atoms with E-state index in [1.165, 1.54) is 24.0 Å². The quantitative estimate of drug-likeness (QED) is 0.765. The van der Waals surface area contributed by atoms with Gasteiger partial charge in [-0.05, 0) is 25.1 Å². The van der Waals surface area contributed by atoms with Gasteiger partial charge in [-0.1, -0.05) is 46.9 Å². The molecule has 1 aromatic heterocycles. The molecule has 2 rings (SSSR count). The lowest BCUT2D eigenvalue weighted by Crippen LogP contribution is -2.23. The normalized spacial score (nSPS) is 12.0. The summed E-state index contributed by atoms with van der Waals surface area (Å²) in [6.07, 6.45) is 1.43. The lowest BCUT2D eigenvalue weighted by atomic mass is 10.4. The zero-order valence-electron chi connectivity index (χ0n) is 10.9. The monoisotopic (exact) mass is 360 g/mol. The summed E-state index contributed by atoms with van der Waals surface area (Å²) in [5.41, 5.74) is 0. The van der Waals surface area contributed by atoms with Gasteiger partial charge in [0.1, 0.15) is 0 Å². The minimum absolute atomic E-state index is 0.211. The van der Waals surface area contributed by atoms with Gasteiger partial charge in [0.15, 0.2) is 5.82 Å². The molecule has 0 unspecified atom stereocenters. The molecule has 1 amide bonds. The summed E-state index contributed by atoms with van der Waals surface area (Å²) in [5, 5.41) is 3.65. The van der Waals surface area contributed by atoms with Crippen LogP contribution in [0, 0.1) is 0 Å². The zero-order chi connectivity index (χ0) is 15.4. The number of carbonyl (C=O) groups is 1. The Morgan fingerprint density at radius 3 is 2.62 bits per heavy atom. The van der Waals surface area contributed by atoms with Gasteiger partial charge in [0.2, 0.25) is 5.91 Å². The molecule has 7 heteroatoms. The number of nitrogens with one attached hydrogen (secondary N) is 1. The van der Waals surface area contributed by atoms with E-state index in [9.17, 15) is 4.79 Å². The largest absolute Gasteiger partial charge is 0.308 e. The van der Waals surface area contributed by atoms with Crippen LogP contribution in [0.3, 0.4) is 0 Å². The molecule has 21 heavy (non-hydrogen) atoms. The van der Waals surface area contributed by atoms with Crippen LogP contribution in [0.5, 0.6) is 0 Å². The lowest BCUT2D eigenvalue weighted by Gasteiger charge is -2.13. The van der Waals surface area contributed by atoms with E-state index in [-0.39, 0.29) is 17.0 Å². The highest BCUT2D eigenvalue weighted by molar-refractivity contribution is 8.00. The fourth-order valence-electron chi connectivity index (χ4n) is 1.51. The van der Waals surface area contributed by atoms with Crippen LogP contribution in [0.2, 0.25) is 15.1 Å². The van der Waals surface area contributed by atoms with Crippen molar-refractivity contribution in [1.29, 1.82) is 0 Å². The molecule has 0 fully saturated rings. The second kappa shape index (κ2) is 7.36. The molecule has 3 nitrogen and oxygen atoms in total. The molecular formula is C14H11Cl3N2OS. The third kappa shape index (κ3) is 4.51. The first-order chi connectivity index (χ1) is 9.97. The first-order valence-corrected chi connectivity index (χ1v) is 8.02. The van der Waals surface area contributed by atoms with Gasteiger partial charge in [-0.15, -0.1) is 11.8 Å². The number of hydrogen-bond donors (Lipinski definition) is 1. The molecule has 0 saturated carbocycles. The summed E-state index contributed by atoms with van der Waals surface area (Å²) in [7, 11) is 0. The van der Waals surface area contributed by atoms with Gasteiger partial charge in [-0.2, -0.15) is 0 Å². The van der Waals surface area contributed by atoms with E-state index in [0.717, 1.165) is 4.90 Å². The number of hydrogen-bond acceptors (Lipinski definition) is 3. The first-order valence-electron chi connectivity index (χ1n) is 6.00. The summed E-state index contributed by atoms with van der Waals surface area (Å²) in [4.78, 5) is 17.0. The second-order valence-electron chi connectivity index (χ2n) is 4.16. The number of anilines is 1. The van der Waals surface area contributed by atoms with Gasteiger partial charge in [0, 0.05) is 11.1 Å². The van der Waals surface area contributed by atoms with Crippen molar-refractivity contribution < 1.29 is 4.79 Å². The van der Waals surface area contributed by atoms with Gasteiger partial charge >= 0.3 is 0 Å². The smallest absolute Gasteiger partial charge is 0.238 e. The van der Waals surface area contributed by atoms with Crippen LogP contribution < -0.4 is 5.32 Å². The first kappa shape index (κ1) is 16.4. The third-order valence-corrected chi connectivity index (χ3v) is 4.67. The van der Waals surface area contributed by atoms with Crippen molar-refractivity contribution in [3.05, 3.63) is 51.6 Å². The zero-order valence-corrected chi connectivity index (χ0v) is 14.0. The van der Waals surface area contributed by atoms with Crippen molar-refractivity contribution in [3.63, 3.8) is 0 Å². The van der Waals surface area contributed by atoms with Crippen LogP contribution in [0.15, 0.2) is 41.4 Å². The molecule has 110 valence electrons. The van der Waals surface area contributed by atoms with Gasteiger partial charge < -0.3 is 5.32 Å². The van der Waals surface area contributed by atoms with Gasteiger partial charge in [0.05, 0.1) is 20.3 Å². The van der Waals surface area contributed by atoms with Crippen molar-refractivity contribution in [3.8, 4) is 0 Å². The van der Waals surface area contributed by atoms with Crippen LogP contribution in [0.1, 0.15) is 6.92 Å². The molecular weight excluding hydrogens is 351 g/mol. The summed E-state index contributed by atoms with van der Waals surface area (Å²) < 4.78 is 0. The maximum absolute atomic E-state index is 12.2. The molecule has 0 bridgehead atoms. The molecule has 0 spiro atoms. The number of halogens is 3. The van der Waals surface area contributed by atoms with Crippen LogP contribution in [-0.2, 0) is 4.79 Å². The summed E-state index contributed by atoms with van der Waals surface area (Å²) in [5.74, 6) is 0.0781. The minimum Gasteiger partial charge on any atom is -0.308 e.